The third-order valence-electron chi connectivity index (χ3n) is 5.02. The lowest BCUT2D eigenvalue weighted by Crippen LogP contribution is -2.46. The molecule has 142 valence electrons. The minimum Gasteiger partial charge on any atom is -0.465 e. The van der Waals surface area contributed by atoms with Crippen molar-refractivity contribution in [2.24, 2.45) is 0 Å². The smallest absolute Gasteiger partial charge is 0.337 e. The zero-order chi connectivity index (χ0) is 19.1. The summed E-state index contributed by atoms with van der Waals surface area (Å²) < 4.78 is 4.72. The zero-order valence-electron chi connectivity index (χ0n) is 15.7. The highest BCUT2D eigenvalue weighted by Gasteiger charge is 2.23. The number of nitrogens with zero attached hydrogens (tertiary/aromatic N) is 1. The predicted molar refractivity (Wildman–Crippen MR) is 105 cm³/mol. The van der Waals surface area contributed by atoms with E-state index in [2.05, 4.69) is 34.5 Å². The summed E-state index contributed by atoms with van der Waals surface area (Å²) in [5, 5.41) is 3.04. The highest BCUT2D eigenvalue weighted by atomic mass is 16.5. The molecule has 0 radical (unpaired) electrons. The summed E-state index contributed by atoms with van der Waals surface area (Å²) in [6, 6.07) is 17.4. The van der Waals surface area contributed by atoms with E-state index < -0.39 is 5.97 Å². The molecule has 1 amide bonds. The van der Waals surface area contributed by atoms with Crippen LogP contribution in [0.25, 0.3) is 0 Å². The molecule has 1 aliphatic rings. The Morgan fingerprint density at radius 2 is 1.85 bits per heavy atom. The average Bonchev–Trinajstić information content (AvgIpc) is 2.73. The maximum absolute atomic E-state index is 12.5. The molecule has 1 fully saturated rings. The van der Waals surface area contributed by atoms with Crippen molar-refractivity contribution in [2.45, 2.75) is 31.8 Å². The average molecular weight is 366 g/mol. The first kappa shape index (κ1) is 19.1. The van der Waals surface area contributed by atoms with Crippen molar-refractivity contribution >= 4 is 11.9 Å². The molecule has 5 nitrogen and oxygen atoms in total. The van der Waals surface area contributed by atoms with Crippen LogP contribution < -0.4 is 5.32 Å². The molecule has 0 saturated carbocycles. The van der Waals surface area contributed by atoms with Gasteiger partial charge in [0, 0.05) is 24.7 Å². The Morgan fingerprint density at radius 1 is 1.07 bits per heavy atom. The van der Waals surface area contributed by atoms with Crippen molar-refractivity contribution in [3.05, 3.63) is 71.3 Å². The molecule has 1 unspecified atom stereocenters. The SMILES string of the molecule is COC(=O)c1cccc(C(=O)NCC2CCCCN2Cc2ccccc2)c1. The minimum absolute atomic E-state index is 0.161. The van der Waals surface area contributed by atoms with Gasteiger partial charge in [-0.05, 0) is 43.1 Å². The molecule has 1 heterocycles. The molecule has 1 aliphatic heterocycles. The standard InChI is InChI=1S/C22H26N2O3/c1-27-22(26)19-11-7-10-18(14-19)21(25)23-15-20-12-5-6-13-24(20)16-17-8-3-2-4-9-17/h2-4,7-11,14,20H,5-6,12-13,15-16H2,1H3,(H,23,25). The molecule has 1 atom stereocenters. The van der Waals surface area contributed by atoms with Crippen LogP contribution >= 0.6 is 0 Å². The van der Waals surface area contributed by atoms with Gasteiger partial charge in [-0.1, -0.05) is 42.8 Å². The first-order valence-corrected chi connectivity index (χ1v) is 9.42. The van der Waals surface area contributed by atoms with Crippen LogP contribution in [-0.4, -0.2) is 43.0 Å². The third-order valence-corrected chi connectivity index (χ3v) is 5.02. The van der Waals surface area contributed by atoms with E-state index in [1.807, 2.05) is 6.07 Å². The van der Waals surface area contributed by atoms with Gasteiger partial charge in [0.25, 0.3) is 5.91 Å². The lowest BCUT2D eigenvalue weighted by molar-refractivity contribution is 0.0600. The monoisotopic (exact) mass is 366 g/mol. The largest absolute Gasteiger partial charge is 0.465 e. The van der Waals surface area contributed by atoms with Crippen LogP contribution in [0.1, 0.15) is 45.5 Å². The second kappa shape index (κ2) is 9.33. The van der Waals surface area contributed by atoms with Crippen LogP contribution in [0.2, 0.25) is 0 Å². The van der Waals surface area contributed by atoms with Crippen molar-refractivity contribution in [1.82, 2.24) is 10.2 Å². The van der Waals surface area contributed by atoms with Gasteiger partial charge in [-0.3, -0.25) is 9.69 Å². The number of piperidine rings is 1. The number of esters is 1. The number of rotatable bonds is 6. The van der Waals surface area contributed by atoms with Crippen LogP contribution in [0, 0.1) is 0 Å². The van der Waals surface area contributed by atoms with Gasteiger partial charge in [-0.15, -0.1) is 0 Å². The predicted octanol–water partition coefficient (Wildman–Crippen LogP) is 3.26. The van der Waals surface area contributed by atoms with Crippen molar-refractivity contribution in [2.75, 3.05) is 20.2 Å². The van der Waals surface area contributed by atoms with Crippen molar-refractivity contribution in [3.63, 3.8) is 0 Å². The molecule has 2 aromatic carbocycles. The van der Waals surface area contributed by atoms with Gasteiger partial charge in [0.2, 0.25) is 0 Å². The molecule has 0 bridgehead atoms. The summed E-state index contributed by atoms with van der Waals surface area (Å²) in [5.41, 5.74) is 2.15. The van der Waals surface area contributed by atoms with Crippen LogP contribution in [0.3, 0.4) is 0 Å². The number of carbonyl (C=O) groups is 2. The number of likely N-dealkylation sites (tertiary alicyclic amines) is 1. The van der Waals surface area contributed by atoms with E-state index in [1.165, 1.54) is 25.5 Å². The fraction of sp³-hybridized carbons (Fsp3) is 0.364. The summed E-state index contributed by atoms with van der Waals surface area (Å²) in [6.45, 7) is 2.56. The fourth-order valence-electron chi connectivity index (χ4n) is 3.54. The van der Waals surface area contributed by atoms with Gasteiger partial charge in [-0.2, -0.15) is 0 Å². The molecule has 3 rings (SSSR count). The van der Waals surface area contributed by atoms with Crippen LogP contribution in [0.15, 0.2) is 54.6 Å². The van der Waals surface area contributed by atoms with E-state index in [-0.39, 0.29) is 5.91 Å². The number of ether oxygens (including phenoxy) is 1. The Hall–Kier alpha value is -2.66. The molecule has 0 aliphatic carbocycles. The van der Waals surface area contributed by atoms with Crippen LogP contribution in [0.4, 0.5) is 0 Å². The molecule has 1 N–H and O–H groups in total. The maximum atomic E-state index is 12.5. The van der Waals surface area contributed by atoms with Gasteiger partial charge in [0.05, 0.1) is 12.7 Å². The van der Waals surface area contributed by atoms with Crippen molar-refractivity contribution in [1.29, 1.82) is 0 Å². The summed E-state index contributed by atoms with van der Waals surface area (Å²) in [4.78, 5) is 26.6. The highest BCUT2D eigenvalue weighted by molar-refractivity contribution is 5.97. The van der Waals surface area contributed by atoms with Gasteiger partial charge >= 0.3 is 5.97 Å². The third kappa shape index (κ3) is 5.17. The lowest BCUT2D eigenvalue weighted by atomic mass is 10.0. The Morgan fingerprint density at radius 3 is 2.63 bits per heavy atom. The number of hydrogen-bond acceptors (Lipinski definition) is 4. The number of methoxy groups -OCH3 is 1. The molecule has 0 spiro atoms. The van der Waals surface area contributed by atoms with Gasteiger partial charge < -0.3 is 10.1 Å². The second-order valence-corrected chi connectivity index (χ2v) is 6.89. The summed E-state index contributed by atoms with van der Waals surface area (Å²) in [7, 11) is 1.33. The molecular weight excluding hydrogens is 340 g/mol. The summed E-state index contributed by atoms with van der Waals surface area (Å²) in [5.74, 6) is -0.600. The fourth-order valence-corrected chi connectivity index (χ4v) is 3.54. The van der Waals surface area contributed by atoms with Crippen LogP contribution in [0.5, 0.6) is 0 Å². The van der Waals surface area contributed by atoms with Gasteiger partial charge in [0.15, 0.2) is 0 Å². The summed E-state index contributed by atoms with van der Waals surface area (Å²) >= 11 is 0. The van der Waals surface area contributed by atoms with E-state index in [4.69, 9.17) is 4.74 Å². The normalized spacial score (nSPS) is 17.3. The number of benzene rings is 2. The quantitative estimate of drug-likeness (QED) is 0.798. The Kier molecular flexibility index (Phi) is 6.60. The molecular formula is C22H26N2O3. The second-order valence-electron chi connectivity index (χ2n) is 6.89. The van der Waals surface area contributed by atoms with E-state index in [0.29, 0.717) is 23.7 Å². The van der Waals surface area contributed by atoms with E-state index in [9.17, 15) is 9.59 Å². The maximum Gasteiger partial charge on any atom is 0.337 e. The first-order valence-electron chi connectivity index (χ1n) is 9.42. The van der Waals surface area contributed by atoms with Gasteiger partial charge in [0.1, 0.15) is 0 Å². The topological polar surface area (TPSA) is 58.6 Å². The number of carbonyl (C=O) groups excluding carboxylic acids is 2. The van der Waals surface area contributed by atoms with Crippen molar-refractivity contribution < 1.29 is 14.3 Å². The number of hydrogen-bond donors (Lipinski definition) is 1. The zero-order valence-corrected chi connectivity index (χ0v) is 15.7. The molecule has 1 saturated heterocycles. The Balaban J connectivity index is 1.60. The summed E-state index contributed by atoms with van der Waals surface area (Å²) in [6.07, 6.45) is 3.46. The minimum atomic E-state index is -0.439. The van der Waals surface area contributed by atoms with E-state index >= 15 is 0 Å². The molecule has 0 aromatic heterocycles. The first-order chi connectivity index (χ1) is 13.2. The van der Waals surface area contributed by atoms with E-state index in [1.54, 1.807) is 24.3 Å². The van der Waals surface area contributed by atoms with Gasteiger partial charge in [-0.25, -0.2) is 4.79 Å². The molecule has 27 heavy (non-hydrogen) atoms. The van der Waals surface area contributed by atoms with E-state index in [0.717, 1.165) is 19.5 Å². The lowest BCUT2D eigenvalue weighted by Gasteiger charge is -2.36. The Labute approximate surface area is 160 Å². The molecule has 2 aromatic rings. The van der Waals surface area contributed by atoms with Crippen LogP contribution in [-0.2, 0) is 11.3 Å². The Bertz CT molecular complexity index is 776. The van der Waals surface area contributed by atoms with Crippen molar-refractivity contribution in [3.8, 4) is 0 Å². The highest BCUT2D eigenvalue weighted by Crippen LogP contribution is 2.19. The molecule has 5 heteroatoms. The number of nitrogens with one attached hydrogen (secondary N) is 1. The number of amides is 1.